The molecule has 1 aromatic rings. The van der Waals surface area contributed by atoms with Crippen LogP contribution in [0, 0.1) is 11.8 Å². The third-order valence-corrected chi connectivity index (χ3v) is 5.07. The lowest BCUT2D eigenvalue weighted by atomic mass is 9.67. The first-order chi connectivity index (χ1) is 13.8. The van der Waals surface area contributed by atoms with Gasteiger partial charge in [0.1, 0.15) is 11.5 Å². The monoisotopic (exact) mass is 407 g/mol. The molecule has 0 saturated carbocycles. The molecule has 2 rings (SSSR count). The average molecular weight is 407 g/mol. The predicted octanol–water partition coefficient (Wildman–Crippen LogP) is 2.18. The van der Waals surface area contributed by atoms with Crippen molar-refractivity contribution in [2.24, 2.45) is 11.8 Å². The van der Waals surface area contributed by atoms with Crippen LogP contribution in [0.1, 0.15) is 33.3 Å². The Morgan fingerprint density at radius 2 is 1.66 bits per heavy atom. The molecule has 1 saturated heterocycles. The number of benzene rings is 1. The summed E-state index contributed by atoms with van der Waals surface area (Å²) < 4.78 is 21.0. The highest BCUT2D eigenvalue weighted by Gasteiger charge is 2.72. The molecule has 1 aliphatic heterocycles. The number of methoxy groups -OCH3 is 2. The predicted molar refractivity (Wildman–Crippen MR) is 104 cm³/mol. The Labute approximate surface area is 171 Å². The van der Waals surface area contributed by atoms with E-state index in [1.165, 1.54) is 19.1 Å². The highest BCUT2D eigenvalue weighted by molar-refractivity contribution is 6.16. The Bertz CT molecular complexity index is 756. The van der Waals surface area contributed by atoms with Crippen LogP contribution < -0.4 is 9.47 Å². The van der Waals surface area contributed by atoms with E-state index in [1.807, 2.05) is 0 Å². The standard InChI is InChI=1S/C21H29NO7/c1-7-28-19(24)21(20(25)29-8-2)17(13(3)4)18(23)22(21)12-14-9-10-15(26-5)11-16(14)27-6/h9-11,13,17H,7-8,12H2,1-6H3. The number of hydrogen-bond acceptors (Lipinski definition) is 7. The molecule has 0 spiro atoms. The van der Waals surface area contributed by atoms with Crippen molar-refractivity contribution in [3.63, 3.8) is 0 Å². The van der Waals surface area contributed by atoms with E-state index in [4.69, 9.17) is 18.9 Å². The molecule has 1 aliphatic rings. The molecule has 0 aromatic heterocycles. The van der Waals surface area contributed by atoms with E-state index in [0.29, 0.717) is 17.1 Å². The van der Waals surface area contributed by atoms with Crippen LogP contribution in [0.25, 0.3) is 0 Å². The van der Waals surface area contributed by atoms with Crippen molar-refractivity contribution in [3.05, 3.63) is 23.8 Å². The van der Waals surface area contributed by atoms with E-state index < -0.39 is 23.4 Å². The van der Waals surface area contributed by atoms with Gasteiger partial charge in [-0.2, -0.15) is 0 Å². The minimum Gasteiger partial charge on any atom is -0.497 e. The molecule has 1 atom stereocenters. The van der Waals surface area contributed by atoms with Gasteiger partial charge < -0.3 is 23.8 Å². The Morgan fingerprint density at radius 3 is 2.10 bits per heavy atom. The number of rotatable bonds is 9. The van der Waals surface area contributed by atoms with Gasteiger partial charge in [-0.3, -0.25) is 4.79 Å². The molecule has 1 fully saturated rings. The highest BCUT2D eigenvalue weighted by atomic mass is 16.6. The van der Waals surface area contributed by atoms with Gasteiger partial charge in [-0.05, 0) is 31.9 Å². The first-order valence-corrected chi connectivity index (χ1v) is 9.66. The maximum Gasteiger partial charge on any atom is 0.344 e. The first-order valence-electron chi connectivity index (χ1n) is 9.66. The van der Waals surface area contributed by atoms with Crippen LogP contribution in [0.4, 0.5) is 0 Å². The number of β-lactam (4-membered cyclic amide) rings is 1. The quantitative estimate of drug-likeness (QED) is 0.352. The second kappa shape index (κ2) is 9.15. The molecular weight excluding hydrogens is 378 g/mol. The number of hydrogen-bond donors (Lipinski definition) is 0. The fourth-order valence-corrected chi connectivity index (χ4v) is 3.79. The van der Waals surface area contributed by atoms with Crippen LogP contribution in [0.3, 0.4) is 0 Å². The van der Waals surface area contributed by atoms with Crippen LogP contribution in [-0.2, 0) is 30.4 Å². The number of nitrogens with zero attached hydrogens (tertiary/aromatic N) is 1. The van der Waals surface area contributed by atoms with Gasteiger partial charge >= 0.3 is 11.9 Å². The Balaban J connectivity index is 2.54. The smallest absolute Gasteiger partial charge is 0.344 e. The van der Waals surface area contributed by atoms with Crippen molar-refractivity contribution in [3.8, 4) is 11.5 Å². The highest BCUT2D eigenvalue weighted by Crippen LogP contribution is 2.46. The maximum atomic E-state index is 13.0. The molecule has 1 aromatic carbocycles. The van der Waals surface area contributed by atoms with E-state index in [0.717, 1.165) is 0 Å². The van der Waals surface area contributed by atoms with Gasteiger partial charge in [-0.25, -0.2) is 9.59 Å². The SMILES string of the molecule is CCOC(=O)C1(C(=O)OCC)C(C(C)C)C(=O)N1Cc1ccc(OC)cc1OC. The van der Waals surface area contributed by atoms with Crippen molar-refractivity contribution >= 4 is 17.8 Å². The van der Waals surface area contributed by atoms with Gasteiger partial charge in [-0.1, -0.05) is 13.8 Å². The van der Waals surface area contributed by atoms with Crippen molar-refractivity contribution < 1.29 is 33.3 Å². The van der Waals surface area contributed by atoms with E-state index in [1.54, 1.807) is 45.9 Å². The lowest BCUT2D eigenvalue weighted by molar-refractivity contribution is -0.208. The molecule has 8 heteroatoms. The third kappa shape index (κ3) is 3.75. The molecule has 0 aliphatic carbocycles. The fraction of sp³-hybridized carbons (Fsp3) is 0.571. The summed E-state index contributed by atoms with van der Waals surface area (Å²) in [6, 6.07) is 5.13. The van der Waals surface area contributed by atoms with E-state index in [-0.39, 0.29) is 31.6 Å². The van der Waals surface area contributed by atoms with Gasteiger partial charge in [0.2, 0.25) is 5.91 Å². The number of carbonyl (C=O) groups excluding carboxylic acids is 3. The molecule has 1 unspecified atom stereocenters. The third-order valence-electron chi connectivity index (χ3n) is 5.07. The van der Waals surface area contributed by atoms with Crippen molar-refractivity contribution in [1.29, 1.82) is 0 Å². The lowest BCUT2D eigenvalue weighted by Crippen LogP contribution is -2.79. The van der Waals surface area contributed by atoms with E-state index in [9.17, 15) is 14.4 Å². The number of carbonyl (C=O) groups is 3. The van der Waals surface area contributed by atoms with E-state index in [2.05, 4.69) is 0 Å². The van der Waals surface area contributed by atoms with Crippen molar-refractivity contribution in [2.75, 3.05) is 27.4 Å². The molecule has 29 heavy (non-hydrogen) atoms. The molecular formula is C21H29NO7. The normalized spacial score (nSPS) is 17.6. The van der Waals surface area contributed by atoms with Crippen LogP contribution in [-0.4, -0.2) is 55.7 Å². The van der Waals surface area contributed by atoms with Gasteiger partial charge in [0.05, 0.1) is 39.9 Å². The summed E-state index contributed by atoms with van der Waals surface area (Å²) in [4.78, 5) is 40.3. The van der Waals surface area contributed by atoms with Gasteiger partial charge in [0.25, 0.3) is 5.54 Å². The fourth-order valence-electron chi connectivity index (χ4n) is 3.79. The summed E-state index contributed by atoms with van der Waals surface area (Å²) in [5, 5.41) is 0. The largest absolute Gasteiger partial charge is 0.497 e. The second-order valence-corrected chi connectivity index (χ2v) is 7.03. The average Bonchev–Trinajstić information content (AvgIpc) is 2.69. The van der Waals surface area contributed by atoms with Crippen LogP contribution >= 0.6 is 0 Å². The Hall–Kier alpha value is -2.77. The summed E-state index contributed by atoms with van der Waals surface area (Å²) >= 11 is 0. The second-order valence-electron chi connectivity index (χ2n) is 7.03. The van der Waals surface area contributed by atoms with Crippen LogP contribution in [0.2, 0.25) is 0 Å². The van der Waals surface area contributed by atoms with Crippen molar-refractivity contribution in [2.45, 2.75) is 39.8 Å². The minimum absolute atomic E-state index is 0.00709. The number of likely N-dealkylation sites (tertiary alicyclic amines) is 1. The molecule has 160 valence electrons. The lowest BCUT2D eigenvalue weighted by Gasteiger charge is -2.54. The molecule has 1 heterocycles. The molecule has 1 amide bonds. The number of amides is 1. The summed E-state index contributed by atoms with van der Waals surface area (Å²) in [6.45, 7) is 7.04. The maximum absolute atomic E-state index is 13.0. The van der Waals surface area contributed by atoms with E-state index >= 15 is 0 Å². The molecule has 0 N–H and O–H groups in total. The molecule has 8 nitrogen and oxygen atoms in total. The summed E-state index contributed by atoms with van der Waals surface area (Å²) in [5.74, 6) is -1.91. The number of ether oxygens (including phenoxy) is 4. The summed E-state index contributed by atoms with van der Waals surface area (Å²) in [7, 11) is 3.03. The molecule has 0 radical (unpaired) electrons. The summed E-state index contributed by atoms with van der Waals surface area (Å²) in [5.41, 5.74) is -1.19. The zero-order valence-electron chi connectivity index (χ0n) is 17.8. The Kier molecular flexibility index (Phi) is 7.11. The van der Waals surface area contributed by atoms with Crippen LogP contribution in [0.5, 0.6) is 11.5 Å². The zero-order chi connectivity index (χ0) is 21.8. The number of esters is 2. The van der Waals surface area contributed by atoms with Gasteiger partial charge in [0, 0.05) is 11.6 Å². The zero-order valence-corrected chi connectivity index (χ0v) is 17.8. The topological polar surface area (TPSA) is 91.4 Å². The Morgan fingerprint density at radius 1 is 1.07 bits per heavy atom. The van der Waals surface area contributed by atoms with Gasteiger partial charge in [0.15, 0.2) is 0 Å². The molecule has 0 bridgehead atoms. The van der Waals surface area contributed by atoms with Crippen LogP contribution in [0.15, 0.2) is 18.2 Å². The minimum atomic E-state index is -1.82. The van der Waals surface area contributed by atoms with Gasteiger partial charge in [-0.15, -0.1) is 0 Å². The summed E-state index contributed by atoms with van der Waals surface area (Å²) in [6.07, 6.45) is 0. The van der Waals surface area contributed by atoms with Crippen molar-refractivity contribution in [1.82, 2.24) is 4.90 Å². The first kappa shape index (κ1) is 22.5.